The summed E-state index contributed by atoms with van der Waals surface area (Å²) in [5.74, 6) is 1.15. The van der Waals surface area contributed by atoms with E-state index in [2.05, 4.69) is 15.3 Å². The number of amides is 1. The number of carbonyl (C=O) groups is 1. The van der Waals surface area contributed by atoms with E-state index in [0.717, 1.165) is 19.3 Å². The number of piperidine rings is 1. The van der Waals surface area contributed by atoms with Crippen LogP contribution >= 0.6 is 0 Å². The summed E-state index contributed by atoms with van der Waals surface area (Å²) in [5.41, 5.74) is 0.690. The predicted octanol–water partition coefficient (Wildman–Crippen LogP) is 2.04. The smallest absolute Gasteiger partial charge is 0.293 e. The van der Waals surface area contributed by atoms with Crippen LogP contribution in [0, 0.1) is 13.8 Å². The number of aryl methyl sites for hydroxylation is 2. The van der Waals surface area contributed by atoms with Crippen LogP contribution < -0.4 is 0 Å². The maximum Gasteiger partial charge on any atom is 0.293 e. The molecule has 0 bridgehead atoms. The molecule has 2 aromatic heterocycles. The van der Waals surface area contributed by atoms with Crippen LogP contribution in [-0.2, 0) is 0 Å². The van der Waals surface area contributed by atoms with Gasteiger partial charge in [0.2, 0.25) is 11.7 Å². The second-order valence-corrected chi connectivity index (χ2v) is 5.02. The molecule has 0 aromatic carbocycles. The first-order chi connectivity index (χ1) is 9.65. The van der Waals surface area contributed by atoms with E-state index < -0.39 is 0 Å². The molecular formula is C13H16N4O3. The molecule has 1 aliphatic heterocycles. The minimum atomic E-state index is -0.178. The first-order valence-corrected chi connectivity index (χ1v) is 6.69. The van der Waals surface area contributed by atoms with Crippen molar-refractivity contribution in [2.24, 2.45) is 0 Å². The van der Waals surface area contributed by atoms with Gasteiger partial charge in [-0.3, -0.25) is 4.79 Å². The van der Waals surface area contributed by atoms with E-state index in [0.29, 0.717) is 24.0 Å². The van der Waals surface area contributed by atoms with Crippen molar-refractivity contribution in [2.45, 2.75) is 39.2 Å². The zero-order valence-electron chi connectivity index (χ0n) is 11.5. The van der Waals surface area contributed by atoms with Crippen LogP contribution in [0.2, 0.25) is 0 Å². The first kappa shape index (κ1) is 12.8. The molecule has 7 nitrogen and oxygen atoms in total. The third kappa shape index (κ3) is 2.31. The van der Waals surface area contributed by atoms with Crippen molar-refractivity contribution in [1.29, 1.82) is 0 Å². The number of hydrogen-bond acceptors (Lipinski definition) is 6. The Kier molecular flexibility index (Phi) is 3.25. The van der Waals surface area contributed by atoms with Crippen molar-refractivity contribution in [3.05, 3.63) is 29.2 Å². The summed E-state index contributed by atoms with van der Waals surface area (Å²) in [4.78, 5) is 18.5. The highest BCUT2D eigenvalue weighted by Crippen LogP contribution is 2.31. The lowest BCUT2D eigenvalue weighted by molar-refractivity contribution is 0.0520. The monoisotopic (exact) mass is 276 g/mol. The van der Waals surface area contributed by atoms with Gasteiger partial charge in [0, 0.05) is 12.6 Å². The highest BCUT2D eigenvalue weighted by atomic mass is 16.5. The van der Waals surface area contributed by atoms with E-state index >= 15 is 0 Å². The van der Waals surface area contributed by atoms with Gasteiger partial charge in [0.25, 0.3) is 5.91 Å². The van der Waals surface area contributed by atoms with Crippen LogP contribution in [0.5, 0.6) is 0 Å². The average Bonchev–Trinajstić information content (AvgIpc) is 3.07. The molecule has 2 aromatic rings. The molecule has 0 aliphatic carbocycles. The van der Waals surface area contributed by atoms with Crippen LogP contribution in [-0.4, -0.2) is 32.6 Å². The molecule has 7 heteroatoms. The van der Waals surface area contributed by atoms with Crippen molar-refractivity contribution in [2.75, 3.05) is 6.54 Å². The molecule has 0 saturated carbocycles. The van der Waals surface area contributed by atoms with Crippen LogP contribution in [0.3, 0.4) is 0 Å². The first-order valence-electron chi connectivity index (χ1n) is 6.69. The molecule has 0 radical (unpaired) electrons. The third-order valence-corrected chi connectivity index (χ3v) is 3.43. The molecule has 1 aliphatic rings. The van der Waals surface area contributed by atoms with Gasteiger partial charge in [-0.15, -0.1) is 0 Å². The minimum absolute atomic E-state index is 0.175. The largest absolute Gasteiger partial charge is 0.351 e. The van der Waals surface area contributed by atoms with Gasteiger partial charge in [-0.25, -0.2) is 0 Å². The number of hydrogen-bond donors (Lipinski definition) is 0. The molecule has 1 saturated heterocycles. The van der Waals surface area contributed by atoms with Gasteiger partial charge in [0.05, 0.1) is 5.69 Å². The maximum atomic E-state index is 12.5. The predicted molar refractivity (Wildman–Crippen MR) is 67.9 cm³/mol. The number of carbonyl (C=O) groups excluding carboxylic acids is 1. The average molecular weight is 276 g/mol. The van der Waals surface area contributed by atoms with Crippen molar-refractivity contribution in [1.82, 2.24) is 20.2 Å². The SMILES string of the molecule is Cc1cc(C(=O)N2CCCC[C@H]2c2nc(C)no2)on1. The lowest BCUT2D eigenvalue weighted by Crippen LogP contribution is -2.38. The van der Waals surface area contributed by atoms with Crippen molar-refractivity contribution >= 4 is 5.91 Å². The Hall–Kier alpha value is -2.18. The molecule has 1 atom stereocenters. The highest BCUT2D eigenvalue weighted by Gasteiger charge is 2.33. The van der Waals surface area contributed by atoms with E-state index in [1.165, 1.54) is 0 Å². The summed E-state index contributed by atoms with van der Waals surface area (Å²) in [7, 11) is 0. The molecule has 3 rings (SSSR count). The Morgan fingerprint density at radius 1 is 1.30 bits per heavy atom. The van der Waals surface area contributed by atoms with E-state index in [9.17, 15) is 4.79 Å². The van der Waals surface area contributed by atoms with Gasteiger partial charge >= 0.3 is 0 Å². The fourth-order valence-electron chi connectivity index (χ4n) is 2.49. The van der Waals surface area contributed by atoms with E-state index in [1.54, 1.807) is 24.8 Å². The Morgan fingerprint density at radius 2 is 2.15 bits per heavy atom. The molecule has 1 fully saturated rings. The molecule has 106 valence electrons. The molecule has 0 spiro atoms. The minimum Gasteiger partial charge on any atom is -0.351 e. The highest BCUT2D eigenvalue weighted by molar-refractivity contribution is 5.91. The molecule has 0 unspecified atom stereocenters. The van der Waals surface area contributed by atoms with Gasteiger partial charge in [0.15, 0.2) is 5.82 Å². The molecule has 1 amide bonds. The summed E-state index contributed by atoms with van der Waals surface area (Å²) < 4.78 is 10.3. The topological polar surface area (TPSA) is 85.3 Å². The molecule has 3 heterocycles. The van der Waals surface area contributed by atoms with Crippen molar-refractivity contribution < 1.29 is 13.8 Å². The lowest BCUT2D eigenvalue weighted by atomic mass is 10.0. The normalized spacial score (nSPS) is 19.3. The zero-order valence-corrected chi connectivity index (χ0v) is 11.5. The van der Waals surface area contributed by atoms with Gasteiger partial charge in [-0.2, -0.15) is 4.98 Å². The van der Waals surface area contributed by atoms with E-state index in [-0.39, 0.29) is 17.7 Å². The van der Waals surface area contributed by atoms with E-state index in [4.69, 9.17) is 9.05 Å². The second kappa shape index (κ2) is 5.07. The van der Waals surface area contributed by atoms with Crippen LogP contribution in [0.4, 0.5) is 0 Å². The fourth-order valence-corrected chi connectivity index (χ4v) is 2.49. The van der Waals surface area contributed by atoms with Gasteiger partial charge in [-0.05, 0) is 33.1 Å². The molecule has 20 heavy (non-hydrogen) atoms. The Morgan fingerprint density at radius 3 is 2.80 bits per heavy atom. The molecule has 0 N–H and O–H groups in total. The standard InChI is InChI=1S/C13H16N4O3/c1-8-7-11(19-15-8)13(18)17-6-4-3-5-10(17)12-14-9(2)16-20-12/h7,10H,3-6H2,1-2H3/t10-/m0/s1. The Balaban J connectivity index is 1.87. The summed E-state index contributed by atoms with van der Waals surface area (Å²) in [6.07, 6.45) is 2.81. The Labute approximate surface area is 115 Å². The van der Waals surface area contributed by atoms with Crippen LogP contribution in [0.15, 0.2) is 15.1 Å². The third-order valence-electron chi connectivity index (χ3n) is 3.43. The Bertz CT molecular complexity index is 619. The van der Waals surface area contributed by atoms with Gasteiger partial charge in [0.1, 0.15) is 6.04 Å². The van der Waals surface area contributed by atoms with Crippen molar-refractivity contribution in [3.63, 3.8) is 0 Å². The van der Waals surface area contributed by atoms with Gasteiger partial charge < -0.3 is 13.9 Å². The van der Waals surface area contributed by atoms with Crippen molar-refractivity contribution in [3.8, 4) is 0 Å². The summed E-state index contributed by atoms with van der Waals surface area (Å²) in [6.45, 7) is 4.21. The van der Waals surface area contributed by atoms with E-state index in [1.807, 2.05) is 0 Å². The number of nitrogens with zero attached hydrogens (tertiary/aromatic N) is 4. The molecular weight excluding hydrogens is 260 g/mol. The number of likely N-dealkylation sites (tertiary alicyclic amines) is 1. The van der Waals surface area contributed by atoms with Gasteiger partial charge in [-0.1, -0.05) is 10.3 Å². The fraction of sp³-hybridized carbons (Fsp3) is 0.538. The summed E-state index contributed by atoms with van der Waals surface area (Å²) in [6, 6.07) is 1.47. The number of rotatable bonds is 2. The van der Waals surface area contributed by atoms with Crippen LogP contribution in [0.25, 0.3) is 0 Å². The summed E-state index contributed by atoms with van der Waals surface area (Å²) >= 11 is 0. The lowest BCUT2D eigenvalue weighted by Gasteiger charge is -2.32. The maximum absolute atomic E-state index is 12.5. The quantitative estimate of drug-likeness (QED) is 0.834. The van der Waals surface area contributed by atoms with Crippen LogP contribution in [0.1, 0.15) is 53.3 Å². The second-order valence-electron chi connectivity index (χ2n) is 5.02. The summed E-state index contributed by atoms with van der Waals surface area (Å²) in [5, 5.41) is 7.56. The number of aromatic nitrogens is 3. The zero-order chi connectivity index (χ0) is 14.1.